The third kappa shape index (κ3) is 27.6. The van der Waals surface area contributed by atoms with Gasteiger partial charge in [-0.15, -0.1) is 13.1 Å². The SMILES string of the molecule is C/C=C\CCN(CC/C=C\CC)CCNC.[CH2-]CN(CC/C=C\C)CC/C=C\CC.[NH-]CC1NC(=O)C(CC=O)NC1=O.[W+2]. The van der Waals surface area contributed by atoms with E-state index >= 15 is 0 Å². The number of likely N-dealkylation sites (N-methyl/N-ethyl adjacent to an activating group) is 1. The maximum atomic E-state index is 11.1. The zero-order valence-electron chi connectivity index (χ0n) is 28.2. The van der Waals surface area contributed by atoms with Crippen LogP contribution in [0, 0.1) is 6.92 Å². The van der Waals surface area contributed by atoms with Gasteiger partial charge in [0.15, 0.2) is 0 Å². The van der Waals surface area contributed by atoms with E-state index in [0.29, 0.717) is 6.29 Å². The van der Waals surface area contributed by atoms with E-state index in [1.165, 1.54) is 19.5 Å². The molecule has 4 N–H and O–H groups in total. The van der Waals surface area contributed by atoms with E-state index in [-0.39, 0.29) is 34.0 Å². The average molecular weight is 787 g/mol. The summed E-state index contributed by atoms with van der Waals surface area (Å²) in [5.74, 6) is -0.801. The molecule has 0 aromatic heterocycles. The summed E-state index contributed by atoms with van der Waals surface area (Å²) in [4.78, 5) is 37.2. The largest absolute Gasteiger partial charge is 2.00 e. The van der Waals surface area contributed by atoms with Crippen LogP contribution < -0.4 is 16.0 Å². The molecule has 0 spiro atoms. The van der Waals surface area contributed by atoms with E-state index in [9.17, 15) is 14.4 Å². The summed E-state index contributed by atoms with van der Waals surface area (Å²) >= 11 is 0. The number of carbonyl (C=O) groups is 3. The molecule has 0 bridgehead atoms. The first-order valence-corrected chi connectivity index (χ1v) is 16.0. The number of hydrogen-bond donors (Lipinski definition) is 3. The zero-order valence-corrected chi connectivity index (χ0v) is 31.1. The van der Waals surface area contributed by atoms with Crippen LogP contribution in [-0.4, -0.2) is 99.4 Å². The Morgan fingerprint density at radius 1 is 0.773 bits per heavy atom. The first-order chi connectivity index (χ1) is 20.9. The molecular formula is C34H62N6O3W. The Bertz CT molecular complexity index is 804. The molecule has 1 aliphatic rings. The first-order valence-electron chi connectivity index (χ1n) is 16.0. The number of amides is 2. The average Bonchev–Trinajstić information content (AvgIpc) is 3.01. The molecule has 2 unspecified atom stereocenters. The van der Waals surface area contributed by atoms with Crippen molar-refractivity contribution in [3.63, 3.8) is 0 Å². The molecule has 0 aliphatic carbocycles. The second kappa shape index (κ2) is 35.6. The van der Waals surface area contributed by atoms with Crippen LogP contribution in [0.2, 0.25) is 0 Å². The number of aldehydes is 1. The summed E-state index contributed by atoms with van der Waals surface area (Å²) in [5.41, 5.74) is 6.94. The van der Waals surface area contributed by atoms with Crippen molar-refractivity contribution >= 4 is 18.1 Å². The van der Waals surface area contributed by atoms with Gasteiger partial charge in [0.05, 0.1) is 6.04 Å². The summed E-state index contributed by atoms with van der Waals surface area (Å²) < 4.78 is 0. The Hall–Kier alpha value is -1.90. The second-order valence-electron chi connectivity index (χ2n) is 10.1. The molecule has 0 aromatic rings. The maximum Gasteiger partial charge on any atom is 2.00 e. The standard InChI is InChI=1S/C14H28N2.C13H24N.C7H10N3O3.W/c1-4-6-8-10-13-16(14-11-15-3)12-9-7-5-2;1-4-7-9-11-13-14(6-3)12-10-8-5-2;8-3-5-7(13)9-4(1-2-11)6(12)10-5;/h5-8,15H,4,9-14H2,1-3H3;5,7-9H,3-4,6,10-13H2,1-2H3;2,4-5,8H,1,3H2,(H,9,13)(H,10,12);/q;2*-1;+2/b7-5-,8-6-;8-5-,9-7-;;. The van der Waals surface area contributed by atoms with Gasteiger partial charge in [0.25, 0.3) is 0 Å². The molecule has 252 valence electrons. The molecule has 1 aliphatic heterocycles. The number of nitrogens with zero attached hydrogens (tertiary/aromatic N) is 2. The smallest absolute Gasteiger partial charge is 0.675 e. The molecule has 9 nitrogen and oxygen atoms in total. The molecule has 2 amide bonds. The summed E-state index contributed by atoms with van der Waals surface area (Å²) in [7, 11) is 2.01. The monoisotopic (exact) mass is 786 g/mol. The Morgan fingerprint density at radius 2 is 1.23 bits per heavy atom. The molecule has 0 saturated carbocycles. The van der Waals surface area contributed by atoms with Crippen LogP contribution in [0.25, 0.3) is 5.73 Å². The predicted octanol–water partition coefficient (Wildman–Crippen LogP) is 4.88. The van der Waals surface area contributed by atoms with Gasteiger partial charge in [-0.2, -0.15) is 0 Å². The van der Waals surface area contributed by atoms with Crippen LogP contribution in [0.4, 0.5) is 0 Å². The van der Waals surface area contributed by atoms with Crippen LogP contribution in [-0.2, 0) is 35.4 Å². The van der Waals surface area contributed by atoms with Gasteiger partial charge < -0.3 is 43.2 Å². The van der Waals surface area contributed by atoms with Crippen molar-refractivity contribution in [2.24, 2.45) is 0 Å². The fraction of sp³-hybridized carbons (Fsp3) is 0.647. The Kier molecular flexibility index (Phi) is 37.6. The number of carbonyl (C=O) groups excluding carboxylic acids is 3. The fourth-order valence-electron chi connectivity index (χ4n) is 3.95. The van der Waals surface area contributed by atoms with Gasteiger partial charge in [-0.25, -0.2) is 0 Å². The molecule has 0 aromatic carbocycles. The van der Waals surface area contributed by atoms with E-state index in [0.717, 1.165) is 64.8 Å². The number of hydrogen-bond acceptors (Lipinski definition) is 6. The molecule has 10 heteroatoms. The number of rotatable bonds is 21. The van der Waals surface area contributed by atoms with Crippen molar-refractivity contribution in [2.75, 3.05) is 59.4 Å². The van der Waals surface area contributed by atoms with E-state index in [1.54, 1.807) is 0 Å². The van der Waals surface area contributed by atoms with Crippen molar-refractivity contribution in [1.29, 1.82) is 0 Å². The van der Waals surface area contributed by atoms with E-state index in [1.807, 2.05) is 7.05 Å². The summed E-state index contributed by atoms with van der Waals surface area (Å²) in [5, 5.41) is 7.93. The van der Waals surface area contributed by atoms with Gasteiger partial charge >= 0.3 is 21.1 Å². The van der Waals surface area contributed by atoms with E-state index < -0.39 is 23.9 Å². The van der Waals surface area contributed by atoms with Gasteiger partial charge in [-0.1, -0.05) is 62.5 Å². The fourth-order valence-corrected chi connectivity index (χ4v) is 3.95. The van der Waals surface area contributed by atoms with Gasteiger partial charge in [-0.05, 0) is 72.5 Å². The molecule has 1 fully saturated rings. The molecule has 1 saturated heterocycles. The van der Waals surface area contributed by atoms with Gasteiger partial charge in [0.1, 0.15) is 12.3 Å². The molecule has 1 heterocycles. The van der Waals surface area contributed by atoms with Crippen molar-refractivity contribution in [1.82, 2.24) is 25.8 Å². The van der Waals surface area contributed by atoms with Gasteiger partial charge in [0.2, 0.25) is 11.8 Å². The molecule has 1 rings (SSSR count). The zero-order chi connectivity index (χ0) is 32.6. The van der Waals surface area contributed by atoms with Crippen LogP contribution in [0.5, 0.6) is 0 Å². The van der Waals surface area contributed by atoms with Crippen molar-refractivity contribution in [2.45, 2.75) is 84.7 Å². The van der Waals surface area contributed by atoms with E-state index in [2.05, 4.69) is 109 Å². The normalized spacial score (nSPS) is 16.6. The number of allylic oxidation sites excluding steroid dienone is 4. The van der Waals surface area contributed by atoms with Crippen LogP contribution in [0.3, 0.4) is 0 Å². The Morgan fingerprint density at radius 3 is 1.64 bits per heavy atom. The third-order valence-corrected chi connectivity index (χ3v) is 6.52. The minimum absolute atomic E-state index is 0. The van der Waals surface area contributed by atoms with Crippen molar-refractivity contribution in [3.05, 3.63) is 61.3 Å². The molecular weight excluding hydrogens is 724 g/mol. The molecule has 2 atom stereocenters. The quantitative estimate of drug-likeness (QED) is 0.0869. The molecule has 0 radical (unpaired) electrons. The van der Waals surface area contributed by atoms with Crippen molar-refractivity contribution in [3.8, 4) is 0 Å². The summed E-state index contributed by atoms with van der Waals surface area (Å²) in [6.45, 7) is 20.0. The minimum Gasteiger partial charge on any atom is -0.675 e. The Labute approximate surface area is 283 Å². The van der Waals surface area contributed by atoms with Crippen LogP contribution >= 0.6 is 0 Å². The van der Waals surface area contributed by atoms with Crippen molar-refractivity contribution < 1.29 is 35.4 Å². The van der Waals surface area contributed by atoms with Gasteiger partial charge in [0, 0.05) is 32.6 Å². The summed E-state index contributed by atoms with van der Waals surface area (Å²) in [6.07, 6.45) is 25.2. The topological polar surface area (TPSA) is 118 Å². The first kappa shape index (κ1) is 46.5. The number of nitrogens with one attached hydrogen (secondary N) is 4. The Balaban J connectivity index is -0.000000569. The maximum absolute atomic E-state index is 11.1. The third-order valence-electron chi connectivity index (χ3n) is 6.52. The van der Waals surface area contributed by atoms with Crippen LogP contribution in [0.1, 0.15) is 72.6 Å². The van der Waals surface area contributed by atoms with E-state index in [4.69, 9.17) is 5.73 Å². The van der Waals surface area contributed by atoms with Gasteiger partial charge in [-0.3, -0.25) is 9.59 Å². The number of piperazine rings is 1. The molecule has 44 heavy (non-hydrogen) atoms. The predicted molar refractivity (Wildman–Crippen MR) is 183 cm³/mol. The van der Waals surface area contributed by atoms with Crippen LogP contribution in [0.15, 0.2) is 48.6 Å². The summed E-state index contributed by atoms with van der Waals surface area (Å²) in [6, 6.07) is -1.55. The minimum atomic E-state index is -0.782. The second-order valence-corrected chi connectivity index (χ2v) is 10.1.